The van der Waals surface area contributed by atoms with Crippen LogP contribution in [0.4, 0.5) is 0 Å². The molecule has 0 radical (unpaired) electrons. The molecule has 0 aliphatic heterocycles. The number of phenols is 1. The van der Waals surface area contributed by atoms with Crippen LogP contribution in [0.1, 0.15) is 20.8 Å². The molecule has 0 aliphatic rings. The maximum absolute atomic E-state index is 12.6. The predicted octanol–water partition coefficient (Wildman–Crippen LogP) is 3.48. The fourth-order valence-electron chi connectivity index (χ4n) is 2.83. The number of nitrogens with zero attached hydrogens (tertiary/aromatic N) is 2. The summed E-state index contributed by atoms with van der Waals surface area (Å²) >= 11 is 6.30. The van der Waals surface area contributed by atoms with E-state index in [2.05, 4.69) is 5.10 Å². The predicted molar refractivity (Wildman–Crippen MR) is 105 cm³/mol. The van der Waals surface area contributed by atoms with Gasteiger partial charge in [0.25, 0.3) is 0 Å². The number of carbonyl (C=O) groups is 2. The van der Waals surface area contributed by atoms with Crippen molar-refractivity contribution >= 4 is 23.5 Å². The van der Waals surface area contributed by atoms with Crippen LogP contribution in [-0.2, 0) is 9.47 Å². The van der Waals surface area contributed by atoms with Crippen LogP contribution in [0.15, 0.2) is 42.5 Å². The van der Waals surface area contributed by atoms with E-state index in [1.165, 1.54) is 38.1 Å². The van der Waals surface area contributed by atoms with E-state index in [-0.39, 0.29) is 39.0 Å². The quantitative estimate of drug-likeness (QED) is 0.635. The number of phenolic OH excluding ortho intramolecular Hbond substituents is 1. The highest BCUT2D eigenvalue weighted by Crippen LogP contribution is 2.39. The zero-order valence-electron chi connectivity index (χ0n) is 15.8. The molecule has 8 nitrogen and oxygen atoms in total. The van der Waals surface area contributed by atoms with Crippen LogP contribution in [0, 0.1) is 0 Å². The van der Waals surface area contributed by atoms with E-state index in [0.29, 0.717) is 5.69 Å². The van der Waals surface area contributed by atoms with Gasteiger partial charge in [0.1, 0.15) is 11.3 Å². The maximum Gasteiger partial charge on any atom is 0.357 e. The summed E-state index contributed by atoms with van der Waals surface area (Å²) in [4.78, 5) is 25.2. The number of esters is 2. The van der Waals surface area contributed by atoms with E-state index in [4.69, 9.17) is 25.8 Å². The molecule has 3 rings (SSSR count). The molecule has 9 heteroatoms. The van der Waals surface area contributed by atoms with E-state index in [1.54, 1.807) is 30.3 Å². The van der Waals surface area contributed by atoms with Crippen molar-refractivity contribution < 1.29 is 28.9 Å². The number of benzene rings is 2. The first-order valence-electron chi connectivity index (χ1n) is 8.34. The standard InChI is InChI=1S/C20H17ClN2O6/c1-27-15-9-12(13(21)10-14(15)24)17-16(19(25)28-2)18(20(26)29-3)23(22-17)11-7-5-4-6-8-11/h4-10,24H,1-3H3. The lowest BCUT2D eigenvalue weighted by Gasteiger charge is -2.09. The van der Waals surface area contributed by atoms with Crippen LogP contribution in [0.3, 0.4) is 0 Å². The molecule has 1 N–H and O–H groups in total. The number of aromatic hydroxyl groups is 1. The Kier molecular flexibility index (Phi) is 5.74. The summed E-state index contributed by atoms with van der Waals surface area (Å²) in [5.74, 6) is -1.65. The molecule has 29 heavy (non-hydrogen) atoms. The van der Waals surface area contributed by atoms with E-state index in [9.17, 15) is 14.7 Å². The number of hydrogen-bond donors (Lipinski definition) is 1. The molecular weight excluding hydrogens is 400 g/mol. The highest BCUT2D eigenvalue weighted by molar-refractivity contribution is 6.33. The first-order chi connectivity index (χ1) is 13.9. The molecule has 0 amide bonds. The van der Waals surface area contributed by atoms with Gasteiger partial charge in [0, 0.05) is 11.6 Å². The van der Waals surface area contributed by atoms with E-state index < -0.39 is 11.9 Å². The first-order valence-corrected chi connectivity index (χ1v) is 8.72. The molecule has 0 aliphatic carbocycles. The van der Waals surface area contributed by atoms with Crippen LogP contribution in [0.25, 0.3) is 16.9 Å². The maximum atomic E-state index is 12.6. The van der Waals surface area contributed by atoms with Gasteiger partial charge in [0.15, 0.2) is 17.2 Å². The molecule has 0 fully saturated rings. The molecule has 0 atom stereocenters. The molecule has 0 unspecified atom stereocenters. The number of carbonyl (C=O) groups excluding carboxylic acids is 2. The number of rotatable bonds is 5. The van der Waals surface area contributed by atoms with Crippen molar-refractivity contribution in [2.45, 2.75) is 0 Å². The Morgan fingerprint density at radius 2 is 1.69 bits per heavy atom. The molecular formula is C20H17ClN2O6. The van der Waals surface area contributed by atoms with Crippen LogP contribution in [0.2, 0.25) is 5.02 Å². The minimum Gasteiger partial charge on any atom is -0.504 e. The largest absolute Gasteiger partial charge is 0.504 e. The van der Waals surface area contributed by atoms with Crippen LogP contribution < -0.4 is 4.74 Å². The normalized spacial score (nSPS) is 10.5. The summed E-state index contributed by atoms with van der Waals surface area (Å²) < 4.78 is 16.2. The second-order valence-corrected chi connectivity index (χ2v) is 6.21. The Morgan fingerprint density at radius 3 is 2.28 bits per heavy atom. The van der Waals surface area contributed by atoms with Crippen molar-refractivity contribution in [1.82, 2.24) is 9.78 Å². The molecule has 0 spiro atoms. The second kappa shape index (κ2) is 8.24. The zero-order chi connectivity index (χ0) is 21.1. The fourth-order valence-corrected chi connectivity index (χ4v) is 3.08. The number of hydrogen-bond acceptors (Lipinski definition) is 7. The lowest BCUT2D eigenvalue weighted by molar-refractivity contribution is 0.0549. The van der Waals surface area contributed by atoms with Crippen LogP contribution in [0.5, 0.6) is 11.5 Å². The third kappa shape index (κ3) is 3.62. The van der Waals surface area contributed by atoms with Gasteiger partial charge in [-0.25, -0.2) is 14.3 Å². The zero-order valence-corrected chi connectivity index (χ0v) is 16.6. The first kappa shape index (κ1) is 20.2. The van der Waals surface area contributed by atoms with E-state index in [0.717, 1.165) is 0 Å². The second-order valence-electron chi connectivity index (χ2n) is 5.81. The van der Waals surface area contributed by atoms with Crippen molar-refractivity contribution in [3.8, 4) is 28.4 Å². The van der Waals surface area contributed by atoms with E-state index in [1.807, 2.05) is 0 Å². The molecule has 2 aromatic carbocycles. The minimum absolute atomic E-state index is 0.0735. The smallest absolute Gasteiger partial charge is 0.357 e. The number of ether oxygens (including phenoxy) is 3. The monoisotopic (exact) mass is 416 g/mol. The third-order valence-electron chi connectivity index (χ3n) is 4.18. The molecule has 0 saturated heterocycles. The van der Waals surface area contributed by atoms with Gasteiger partial charge in [-0.2, -0.15) is 5.10 Å². The summed E-state index contributed by atoms with van der Waals surface area (Å²) in [5.41, 5.74) is 0.610. The van der Waals surface area contributed by atoms with Gasteiger partial charge in [0.2, 0.25) is 0 Å². The highest BCUT2D eigenvalue weighted by atomic mass is 35.5. The van der Waals surface area contributed by atoms with Crippen molar-refractivity contribution in [3.05, 3.63) is 58.7 Å². The van der Waals surface area contributed by atoms with Gasteiger partial charge in [-0.3, -0.25) is 0 Å². The van der Waals surface area contributed by atoms with Gasteiger partial charge in [-0.1, -0.05) is 29.8 Å². The number of para-hydroxylation sites is 1. The van der Waals surface area contributed by atoms with Crippen LogP contribution in [-0.4, -0.2) is 48.2 Å². The lowest BCUT2D eigenvalue weighted by atomic mass is 10.0. The molecule has 0 bridgehead atoms. The minimum atomic E-state index is -0.800. The van der Waals surface area contributed by atoms with Gasteiger partial charge in [0.05, 0.1) is 32.0 Å². The molecule has 150 valence electrons. The average molecular weight is 417 g/mol. The molecule has 3 aromatic rings. The highest BCUT2D eigenvalue weighted by Gasteiger charge is 2.32. The summed E-state index contributed by atoms with van der Waals surface area (Å²) in [6.07, 6.45) is 0. The van der Waals surface area contributed by atoms with E-state index >= 15 is 0 Å². The van der Waals surface area contributed by atoms with Gasteiger partial charge >= 0.3 is 11.9 Å². The Hall–Kier alpha value is -3.52. The Bertz CT molecular complexity index is 1080. The third-order valence-corrected chi connectivity index (χ3v) is 4.49. The van der Waals surface area contributed by atoms with Crippen molar-refractivity contribution in [3.63, 3.8) is 0 Å². The van der Waals surface area contributed by atoms with Crippen molar-refractivity contribution in [2.75, 3.05) is 21.3 Å². The topological polar surface area (TPSA) is 99.9 Å². The van der Waals surface area contributed by atoms with Gasteiger partial charge in [-0.05, 0) is 18.2 Å². The lowest BCUT2D eigenvalue weighted by Crippen LogP contribution is -2.15. The summed E-state index contributed by atoms with van der Waals surface area (Å²) in [6.45, 7) is 0. The molecule has 1 aromatic heterocycles. The number of halogens is 1. The van der Waals surface area contributed by atoms with Gasteiger partial charge in [-0.15, -0.1) is 0 Å². The molecule has 0 saturated carbocycles. The Labute approximate surface area is 171 Å². The fraction of sp³-hybridized carbons (Fsp3) is 0.150. The summed E-state index contributed by atoms with van der Waals surface area (Å²) in [7, 11) is 3.75. The number of aromatic nitrogens is 2. The van der Waals surface area contributed by atoms with Crippen molar-refractivity contribution in [1.29, 1.82) is 0 Å². The Morgan fingerprint density at radius 1 is 1.03 bits per heavy atom. The van der Waals surface area contributed by atoms with Crippen molar-refractivity contribution in [2.24, 2.45) is 0 Å². The summed E-state index contributed by atoms with van der Waals surface area (Å²) in [5, 5.41) is 14.5. The number of methoxy groups -OCH3 is 3. The summed E-state index contributed by atoms with van der Waals surface area (Å²) in [6, 6.07) is 11.4. The molecule has 1 heterocycles. The Balaban J connectivity index is 2.40. The SMILES string of the molecule is COC(=O)c1c(-c2cc(OC)c(O)cc2Cl)nn(-c2ccccc2)c1C(=O)OC. The van der Waals surface area contributed by atoms with Crippen LogP contribution >= 0.6 is 11.6 Å². The average Bonchev–Trinajstić information content (AvgIpc) is 3.13. The van der Waals surface area contributed by atoms with Gasteiger partial charge < -0.3 is 19.3 Å².